The second-order valence-corrected chi connectivity index (χ2v) is 18.2. The van der Waals surface area contributed by atoms with E-state index in [0.717, 1.165) is 113 Å². The van der Waals surface area contributed by atoms with Gasteiger partial charge in [0.15, 0.2) is 5.75 Å². The molecule has 0 radical (unpaired) electrons. The van der Waals surface area contributed by atoms with Crippen molar-refractivity contribution < 1.29 is 23.9 Å². The van der Waals surface area contributed by atoms with Gasteiger partial charge in [-0.3, -0.25) is 29.4 Å². The molecule has 2 aromatic carbocycles. The summed E-state index contributed by atoms with van der Waals surface area (Å²) in [6.45, 7) is 13.9. The molecule has 0 unspecified atom stereocenters. The van der Waals surface area contributed by atoms with Crippen LogP contribution in [-0.2, 0) is 4.74 Å². The molecule has 5 heterocycles. The number of aromatic nitrogens is 2. The number of nitro groups is 1. The summed E-state index contributed by atoms with van der Waals surface area (Å²) >= 11 is 7.10. The number of H-pyrrole nitrogens is 1. The van der Waals surface area contributed by atoms with Gasteiger partial charge in [0, 0.05) is 98.0 Å². The van der Waals surface area contributed by atoms with E-state index in [1.165, 1.54) is 12.5 Å². The number of alkyl halides is 1. The van der Waals surface area contributed by atoms with Crippen LogP contribution in [-0.4, -0.2) is 109 Å². The number of carbonyl (C=O) groups excluding carboxylic acids is 1. The summed E-state index contributed by atoms with van der Waals surface area (Å²) < 4.78 is 20.5. The number of benzene rings is 2. The average Bonchev–Trinajstić information content (AvgIpc) is 3.65. The average molecular weight is 830 g/mol. The number of ether oxygens (including phenoxy) is 3. The zero-order valence-corrected chi connectivity index (χ0v) is 34.8. The lowest BCUT2D eigenvalue weighted by Gasteiger charge is -2.55. The second-order valence-electron chi connectivity index (χ2n) is 16.9. The third-order valence-electron chi connectivity index (χ3n) is 11.9. The molecule has 1 aliphatic carbocycles. The van der Waals surface area contributed by atoms with E-state index in [4.69, 9.17) is 25.8 Å². The lowest BCUT2D eigenvalue weighted by atomic mass is 9.73. The van der Waals surface area contributed by atoms with Crippen molar-refractivity contribution in [1.29, 1.82) is 0 Å². The van der Waals surface area contributed by atoms with Crippen LogP contribution in [0.1, 0.15) is 56.3 Å². The van der Waals surface area contributed by atoms with Crippen molar-refractivity contribution in [2.45, 2.75) is 50.8 Å². The predicted molar refractivity (Wildman–Crippen MR) is 227 cm³/mol. The van der Waals surface area contributed by atoms with Crippen molar-refractivity contribution in [3.05, 3.63) is 87.7 Å². The first-order valence-electron chi connectivity index (χ1n) is 20.2. The predicted octanol–water partition coefficient (Wildman–Crippen LogP) is 8.06. The van der Waals surface area contributed by atoms with Gasteiger partial charge in [-0.25, -0.2) is 4.98 Å². The summed E-state index contributed by atoms with van der Waals surface area (Å²) in [5.74, 6) is 1.39. The number of fused-ring (bicyclic) bond motifs is 1. The number of allylic oxidation sites excluding steroid dienone is 1. The number of piperazine rings is 1. The van der Waals surface area contributed by atoms with Gasteiger partial charge in [0.2, 0.25) is 0 Å². The van der Waals surface area contributed by atoms with E-state index in [0.29, 0.717) is 51.8 Å². The van der Waals surface area contributed by atoms with Crippen molar-refractivity contribution in [3.63, 3.8) is 0 Å². The van der Waals surface area contributed by atoms with E-state index in [-0.39, 0.29) is 11.4 Å². The number of likely N-dealkylation sites (tertiary alicyclic amines) is 1. The maximum absolute atomic E-state index is 13.8. The standard InChI is InChI=1S/C43H52ClN7O6S/c1-42(2)11-9-32(31(23-42)4-3-12-44)25-48-14-16-50(17-15-48)33-5-7-36(39(21-33)57-34-20-30-10-13-45-40(30)46-24-34)41(52)47-58-35-6-8-38(37(22-35)51(53)54)56-19-18-49-26-43(27-49)28-55-29-43/h5-8,10,13,20-22,24H,3-4,9,11-12,14-19,23,25-29H2,1-2H3,(H,45,46)(H,47,52). The topological polar surface area (TPSA) is 138 Å². The number of amides is 1. The van der Waals surface area contributed by atoms with Crippen LogP contribution < -0.4 is 19.1 Å². The minimum atomic E-state index is -0.459. The van der Waals surface area contributed by atoms with Gasteiger partial charge in [0.25, 0.3) is 5.91 Å². The SMILES string of the molecule is CC1(C)CCC(CN2CCN(c3ccc(C(=O)NSc4ccc(OCCN5CC6(COC6)C5)c([N+](=O)[O-])c4)c(Oc4cnc5[nH]ccc5c4)c3)CC2)=C(CCCCl)C1. The molecule has 1 spiro atoms. The molecule has 4 aromatic rings. The molecule has 3 saturated heterocycles. The lowest BCUT2D eigenvalue weighted by molar-refractivity contribution is -0.386. The summed E-state index contributed by atoms with van der Waals surface area (Å²) in [4.78, 5) is 40.6. The van der Waals surface area contributed by atoms with Crippen molar-refractivity contribution >= 4 is 51.9 Å². The van der Waals surface area contributed by atoms with Crippen LogP contribution in [0.25, 0.3) is 11.0 Å². The van der Waals surface area contributed by atoms with Crippen LogP contribution in [0.5, 0.6) is 17.2 Å². The fourth-order valence-corrected chi connectivity index (χ4v) is 9.37. The molecule has 0 atom stereocenters. The van der Waals surface area contributed by atoms with Crippen molar-refractivity contribution in [1.82, 2.24) is 24.5 Å². The highest BCUT2D eigenvalue weighted by Crippen LogP contribution is 2.41. The van der Waals surface area contributed by atoms with Gasteiger partial charge in [-0.1, -0.05) is 25.0 Å². The monoisotopic (exact) mass is 829 g/mol. The molecule has 2 N–H and O–H groups in total. The van der Waals surface area contributed by atoms with Gasteiger partial charge in [-0.15, -0.1) is 11.6 Å². The number of nitro benzene ring substituents is 1. The normalized spacial score (nSPS) is 19.2. The number of hydrogen-bond donors (Lipinski definition) is 2. The zero-order valence-electron chi connectivity index (χ0n) is 33.3. The van der Waals surface area contributed by atoms with Gasteiger partial charge in [0.1, 0.15) is 23.8 Å². The van der Waals surface area contributed by atoms with E-state index in [2.05, 4.69) is 43.2 Å². The second kappa shape index (κ2) is 17.5. The molecule has 3 aliphatic heterocycles. The Balaban J connectivity index is 0.930. The first-order chi connectivity index (χ1) is 28.0. The smallest absolute Gasteiger partial charge is 0.312 e. The molecule has 58 heavy (non-hydrogen) atoms. The van der Waals surface area contributed by atoms with E-state index in [9.17, 15) is 14.9 Å². The van der Waals surface area contributed by atoms with Crippen LogP contribution in [0.3, 0.4) is 0 Å². The highest BCUT2D eigenvalue weighted by atomic mass is 35.5. The zero-order chi connectivity index (χ0) is 40.3. The van der Waals surface area contributed by atoms with Crippen LogP contribution in [0.4, 0.5) is 11.4 Å². The Kier molecular flexibility index (Phi) is 12.2. The van der Waals surface area contributed by atoms with Gasteiger partial charge >= 0.3 is 5.69 Å². The molecule has 4 aliphatic rings. The number of pyridine rings is 1. The number of halogens is 1. The molecule has 1 amide bonds. The molecule has 0 saturated carbocycles. The molecule has 0 bridgehead atoms. The Morgan fingerprint density at radius 3 is 2.64 bits per heavy atom. The lowest BCUT2D eigenvalue weighted by Crippen LogP contribution is -2.66. The molecule has 308 valence electrons. The summed E-state index contributed by atoms with van der Waals surface area (Å²) in [5.41, 5.74) is 5.74. The minimum Gasteiger partial charge on any atom is -0.485 e. The molecule has 2 aromatic heterocycles. The van der Waals surface area contributed by atoms with E-state index in [1.807, 2.05) is 30.5 Å². The number of nitrogens with zero attached hydrogens (tertiary/aromatic N) is 5. The van der Waals surface area contributed by atoms with E-state index in [1.54, 1.807) is 35.5 Å². The third-order valence-corrected chi connectivity index (χ3v) is 12.9. The molecular weight excluding hydrogens is 778 g/mol. The maximum atomic E-state index is 13.8. The van der Waals surface area contributed by atoms with Crippen molar-refractivity contribution in [2.24, 2.45) is 10.8 Å². The Bertz CT molecular complexity index is 2160. The fraction of sp³-hybridized carbons (Fsp3) is 0.488. The molecule has 13 nitrogen and oxygen atoms in total. The third kappa shape index (κ3) is 9.42. The number of nitrogens with one attached hydrogen (secondary N) is 2. The Labute approximate surface area is 348 Å². The molecular formula is C43H52ClN7O6S. The number of aromatic amines is 1. The Morgan fingerprint density at radius 1 is 1.05 bits per heavy atom. The van der Waals surface area contributed by atoms with Gasteiger partial charge in [-0.2, -0.15) is 0 Å². The molecule has 15 heteroatoms. The number of hydrogen-bond acceptors (Lipinski definition) is 11. The number of rotatable bonds is 16. The summed E-state index contributed by atoms with van der Waals surface area (Å²) in [6, 6.07) is 14.2. The number of carbonyl (C=O) groups is 1. The van der Waals surface area contributed by atoms with Crippen molar-refractivity contribution in [3.8, 4) is 17.2 Å². The van der Waals surface area contributed by atoms with Gasteiger partial charge in [0.05, 0.1) is 29.9 Å². The van der Waals surface area contributed by atoms with Crippen LogP contribution in [0, 0.1) is 20.9 Å². The summed E-state index contributed by atoms with van der Waals surface area (Å²) in [7, 11) is 0. The fourth-order valence-electron chi connectivity index (χ4n) is 8.61. The first kappa shape index (κ1) is 40.4. The largest absolute Gasteiger partial charge is 0.485 e. The van der Waals surface area contributed by atoms with Crippen molar-refractivity contribution in [2.75, 3.05) is 83.0 Å². The minimum absolute atomic E-state index is 0.154. The summed E-state index contributed by atoms with van der Waals surface area (Å²) in [5, 5.41) is 12.9. The highest BCUT2D eigenvalue weighted by Gasteiger charge is 2.48. The maximum Gasteiger partial charge on any atom is 0.312 e. The van der Waals surface area contributed by atoms with E-state index < -0.39 is 10.8 Å². The van der Waals surface area contributed by atoms with Crippen LogP contribution in [0.15, 0.2) is 77.0 Å². The van der Waals surface area contributed by atoms with Crippen LogP contribution in [0.2, 0.25) is 0 Å². The van der Waals surface area contributed by atoms with Gasteiger partial charge < -0.3 is 24.1 Å². The Morgan fingerprint density at radius 2 is 1.88 bits per heavy atom. The van der Waals surface area contributed by atoms with Gasteiger partial charge in [-0.05, 0) is 85.9 Å². The van der Waals surface area contributed by atoms with Crippen LogP contribution >= 0.6 is 23.5 Å². The first-order valence-corrected chi connectivity index (χ1v) is 21.6. The van der Waals surface area contributed by atoms with E-state index >= 15 is 0 Å². The molecule has 3 fully saturated rings. The Hall–Kier alpha value is -4.34. The molecule has 8 rings (SSSR count). The highest BCUT2D eigenvalue weighted by molar-refractivity contribution is 7.98. The summed E-state index contributed by atoms with van der Waals surface area (Å²) in [6.07, 6.45) is 9.11. The number of anilines is 1. The quantitative estimate of drug-likeness (QED) is 0.0373.